The Kier molecular flexibility index (Phi) is 5.93. The molecule has 0 spiro atoms. The highest BCUT2D eigenvalue weighted by Crippen LogP contribution is 2.36. The van der Waals surface area contributed by atoms with E-state index >= 15 is 0 Å². The first kappa shape index (κ1) is 17.5. The summed E-state index contributed by atoms with van der Waals surface area (Å²) in [6.45, 7) is 4.73. The largest absolute Gasteiger partial charge is 0.494 e. The number of hydrogen-bond donors (Lipinski definition) is 1. The molecular formula is C19H27NO3S. The second kappa shape index (κ2) is 8.15. The van der Waals surface area contributed by atoms with Gasteiger partial charge in [0.2, 0.25) is 5.91 Å². The Hall–Kier alpha value is -1.36. The summed E-state index contributed by atoms with van der Waals surface area (Å²) in [7, 11) is 0. The molecule has 5 heteroatoms. The van der Waals surface area contributed by atoms with E-state index in [4.69, 9.17) is 9.47 Å². The Morgan fingerprint density at radius 2 is 2.17 bits per heavy atom. The normalized spacial score (nSPS) is 19.8. The van der Waals surface area contributed by atoms with E-state index in [1.54, 1.807) is 11.8 Å². The van der Waals surface area contributed by atoms with Crippen LogP contribution in [-0.4, -0.2) is 30.4 Å². The first-order chi connectivity index (χ1) is 11.7. The van der Waals surface area contributed by atoms with E-state index in [9.17, 15) is 4.79 Å². The van der Waals surface area contributed by atoms with Crippen molar-refractivity contribution in [1.29, 1.82) is 0 Å². The molecule has 1 amide bonds. The van der Waals surface area contributed by atoms with Crippen LogP contribution in [0.5, 0.6) is 11.5 Å². The summed E-state index contributed by atoms with van der Waals surface area (Å²) >= 11 is 1.64. The van der Waals surface area contributed by atoms with Crippen molar-refractivity contribution in [1.82, 2.24) is 5.32 Å². The van der Waals surface area contributed by atoms with Gasteiger partial charge < -0.3 is 14.8 Å². The zero-order chi connectivity index (χ0) is 16.9. The number of fused-ring (bicyclic) bond motifs is 1. The van der Waals surface area contributed by atoms with E-state index in [2.05, 4.69) is 24.4 Å². The summed E-state index contributed by atoms with van der Waals surface area (Å²) < 4.78 is 11.6. The van der Waals surface area contributed by atoms with Crippen molar-refractivity contribution in [2.45, 2.75) is 63.9 Å². The van der Waals surface area contributed by atoms with Gasteiger partial charge in [-0.1, -0.05) is 12.8 Å². The zero-order valence-corrected chi connectivity index (χ0v) is 15.4. The van der Waals surface area contributed by atoms with Crippen LogP contribution in [-0.2, 0) is 17.0 Å². The van der Waals surface area contributed by atoms with Crippen molar-refractivity contribution in [2.75, 3.05) is 12.4 Å². The summed E-state index contributed by atoms with van der Waals surface area (Å²) in [5, 5.41) is 3.14. The molecule has 1 heterocycles. The lowest BCUT2D eigenvalue weighted by molar-refractivity contribution is -0.119. The van der Waals surface area contributed by atoms with Crippen molar-refractivity contribution in [2.24, 2.45) is 0 Å². The molecule has 1 aromatic carbocycles. The molecule has 0 saturated heterocycles. The number of rotatable bonds is 7. The zero-order valence-electron chi connectivity index (χ0n) is 14.6. The Morgan fingerprint density at radius 1 is 1.38 bits per heavy atom. The maximum absolute atomic E-state index is 12.0. The van der Waals surface area contributed by atoms with Gasteiger partial charge in [0.15, 0.2) is 0 Å². The van der Waals surface area contributed by atoms with Crippen molar-refractivity contribution in [3.05, 3.63) is 23.3 Å². The van der Waals surface area contributed by atoms with E-state index in [0.717, 1.165) is 42.1 Å². The molecule has 0 radical (unpaired) electrons. The van der Waals surface area contributed by atoms with Crippen LogP contribution in [0.15, 0.2) is 12.1 Å². The maximum atomic E-state index is 12.0. The number of carbonyl (C=O) groups excluding carboxylic acids is 1. The second-order valence-corrected chi connectivity index (χ2v) is 7.66. The molecule has 1 aliphatic carbocycles. The topological polar surface area (TPSA) is 47.6 Å². The fourth-order valence-corrected chi connectivity index (χ4v) is 4.29. The molecule has 0 unspecified atom stereocenters. The lowest BCUT2D eigenvalue weighted by atomic mass is 10.1. The predicted molar refractivity (Wildman–Crippen MR) is 98.0 cm³/mol. The van der Waals surface area contributed by atoms with Gasteiger partial charge in [0.25, 0.3) is 0 Å². The third-order valence-corrected chi connectivity index (χ3v) is 5.57. The quantitative estimate of drug-likeness (QED) is 0.815. The minimum absolute atomic E-state index is 0.149. The highest BCUT2D eigenvalue weighted by atomic mass is 32.2. The van der Waals surface area contributed by atoms with E-state index < -0.39 is 0 Å². The van der Waals surface area contributed by atoms with Crippen molar-refractivity contribution in [3.8, 4) is 11.5 Å². The Morgan fingerprint density at radius 3 is 2.92 bits per heavy atom. The van der Waals surface area contributed by atoms with Crippen molar-refractivity contribution < 1.29 is 14.3 Å². The lowest BCUT2D eigenvalue weighted by Crippen LogP contribution is -2.33. The van der Waals surface area contributed by atoms with Crippen LogP contribution in [0.2, 0.25) is 0 Å². The molecule has 4 nitrogen and oxygen atoms in total. The molecular weight excluding hydrogens is 322 g/mol. The van der Waals surface area contributed by atoms with E-state index in [1.807, 2.05) is 6.92 Å². The highest BCUT2D eigenvalue weighted by Gasteiger charge is 2.22. The molecule has 1 saturated carbocycles. The van der Waals surface area contributed by atoms with Crippen molar-refractivity contribution in [3.63, 3.8) is 0 Å². The van der Waals surface area contributed by atoms with Gasteiger partial charge in [0, 0.05) is 29.3 Å². The molecule has 24 heavy (non-hydrogen) atoms. The van der Waals surface area contributed by atoms with E-state index in [1.165, 1.54) is 18.4 Å². The number of benzene rings is 1. The van der Waals surface area contributed by atoms with Gasteiger partial charge in [-0.25, -0.2) is 0 Å². The Balaban J connectivity index is 1.55. The van der Waals surface area contributed by atoms with Gasteiger partial charge in [0.1, 0.15) is 17.6 Å². The molecule has 1 aliphatic heterocycles. The van der Waals surface area contributed by atoms with Crippen LogP contribution in [0.3, 0.4) is 0 Å². The molecule has 1 fully saturated rings. The summed E-state index contributed by atoms with van der Waals surface area (Å²) in [4.78, 5) is 12.0. The average Bonchev–Trinajstić information content (AvgIpc) is 3.16. The van der Waals surface area contributed by atoms with Crippen LogP contribution < -0.4 is 14.8 Å². The minimum atomic E-state index is 0.149. The molecule has 0 bridgehead atoms. The molecule has 2 aliphatic rings. The van der Waals surface area contributed by atoms with Gasteiger partial charge >= 0.3 is 0 Å². The third-order valence-electron chi connectivity index (χ3n) is 4.59. The molecule has 1 aromatic rings. The first-order valence-electron chi connectivity index (χ1n) is 8.98. The lowest BCUT2D eigenvalue weighted by Gasteiger charge is -2.14. The Labute approximate surface area is 148 Å². The van der Waals surface area contributed by atoms with E-state index in [0.29, 0.717) is 18.4 Å². The van der Waals surface area contributed by atoms with E-state index in [-0.39, 0.29) is 12.0 Å². The number of carbonyl (C=O) groups is 1. The third kappa shape index (κ3) is 4.38. The van der Waals surface area contributed by atoms with Gasteiger partial charge in [-0.15, -0.1) is 11.8 Å². The first-order valence-corrected chi connectivity index (χ1v) is 10.1. The SMILES string of the molecule is CCOc1cc2c(cc1CSCC(=O)NC1CCCC1)O[C@H](C)C2. The summed E-state index contributed by atoms with van der Waals surface area (Å²) in [6.07, 6.45) is 5.91. The fraction of sp³-hybridized carbons (Fsp3) is 0.632. The van der Waals surface area contributed by atoms with Gasteiger partial charge in [-0.3, -0.25) is 4.79 Å². The number of ether oxygens (including phenoxy) is 2. The molecule has 132 valence electrons. The summed E-state index contributed by atoms with van der Waals surface area (Å²) in [5.74, 6) is 3.31. The molecule has 1 atom stereocenters. The number of amides is 1. The van der Waals surface area contributed by atoms with Crippen LogP contribution in [0.4, 0.5) is 0 Å². The maximum Gasteiger partial charge on any atom is 0.230 e. The summed E-state index contributed by atoms with van der Waals surface area (Å²) in [6, 6.07) is 4.59. The van der Waals surface area contributed by atoms with Gasteiger partial charge in [0.05, 0.1) is 12.4 Å². The second-order valence-electron chi connectivity index (χ2n) is 6.67. The predicted octanol–water partition coefficient (Wildman–Crippen LogP) is 3.70. The molecule has 1 N–H and O–H groups in total. The average molecular weight is 349 g/mol. The fourth-order valence-electron chi connectivity index (χ4n) is 3.48. The van der Waals surface area contributed by atoms with Gasteiger partial charge in [-0.05, 0) is 38.8 Å². The van der Waals surface area contributed by atoms with Crippen LogP contribution >= 0.6 is 11.8 Å². The standard InChI is InChI=1S/C19H27NO3S/c1-3-22-17-9-14-8-13(2)23-18(14)10-15(17)11-24-12-19(21)20-16-6-4-5-7-16/h9-10,13,16H,3-8,11-12H2,1-2H3,(H,20,21)/t13-/m1/s1. The minimum Gasteiger partial charge on any atom is -0.494 e. The smallest absolute Gasteiger partial charge is 0.230 e. The molecule has 3 rings (SSSR count). The van der Waals surface area contributed by atoms with Crippen LogP contribution in [0.25, 0.3) is 0 Å². The highest BCUT2D eigenvalue weighted by molar-refractivity contribution is 7.99. The Bertz CT molecular complexity index is 584. The number of thioether (sulfide) groups is 1. The van der Waals surface area contributed by atoms with Crippen LogP contribution in [0.1, 0.15) is 50.7 Å². The number of hydrogen-bond acceptors (Lipinski definition) is 4. The monoisotopic (exact) mass is 349 g/mol. The van der Waals surface area contributed by atoms with Crippen LogP contribution in [0, 0.1) is 0 Å². The summed E-state index contributed by atoms with van der Waals surface area (Å²) in [5.41, 5.74) is 2.34. The number of nitrogens with one attached hydrogen (secondary N) is 1. The van der Waals surface area contributed by atoms with Crippen molar-refractivity contribution >= 4 is 17.7 Å². The van der Waals surface area contributed by atoms with Gasteiger partial charge in [-0.2, -0.15) is 0 Å². The molecule has 0 aromatic heterocycles.